The Morgan fingerprint density at radius 1 is 1.43 bits per heavy atom. The summed E-state index contributed by atoms with van der Waals surface area (Å²) < 4.78 is 1.07. The molecule has 72 valence electrons. The fraction of sp³-hybridized carbons (Fsp3) is 0.182. The molecule has 1 heterocycles. The standard InChI is InChI=1S/C11H11NOS/c1-2-12-11(13)9-5-3-4-8-6-7-14-10(8)9/h3-7H,2H2,1H3,(H,12,13). The molecule has 2 nitrogen and oxygen atoms in total. The number of amides is 1. The van der Waals surface area contributed by atoms with Crippen LogP contribution in [0.25, 0.3) is 10.1 Å². The Morgan fingerprint density at radius 3 is 3.07 bits per heavy atom. The SMILES string of the molecule is CCNC(=O)c1cccc2ccsc12. The van der Waals surface area contributed by atoms with E-state index >= 15 is 0 Å². The van der Waals surface area contributed by atoms with Gasteiger partial charge < -0.3 is 5.32 Å². The van der Waals surface area contributed by atoms with Crippen LogP contribution in [0.4, 0.5) is 0 Å². The molecule has 0 saturated carbocycles. The number of hydrogen-bond acceptors (Lipinski definition) is 2. The van der Waals surface area contributed by atoms with Crippen molar-refractivity contribution in [2.24, 2.45) is 0 Å². The van der Waals surface area contributed by atoms with Crippen LogP contribution >= 0.6 is 11.3 Å². The number of hydrogen-bond donors (Lipinski definition) is 1. The van der Waals surface area contributed by atoms with Crippen LogP contribution in [0.5, 0.6) is 0 Å². The van der Waals surface area contributed by atoms with Gasteiger partial charge in [-0.05, 0) is 29.8 Å². The molecule has 0 saturated heterocycles. The molecule has 1 aromatic heterocycles. The molecule has 2 rings (SSSR count). The summed E-state index contributed by atoms with van der Waals surface area (Å²) in [6, 6.07) is 7.83. The van der Waals surface area contributed by atoms with E-state index in [1.54, 1.807) is 11.3 Å². The number of nitrogens with one attached hydrogen (secondary N) is 1. The van der Waals surface area contributed by atoms with Gasteiger partial charge in [0.15, 0.2) is 0 Å². The molecule has 2 aromatic rings. The lowest BCUT2D eigenvalue weighted by atomic mass is 10.1. The molecule has 0 aliphatic heterocycles. The van der Waals surface area contributed by atoms with Crippen LogP contribution in [0.1, 0.15) is 17.3 Å². The topological polar surface area (TPSA) is 29.1 Å². The number of thiophene rings is 1. The van der Waals surface area contributed by atoms with Crippen molar-refractivity contribution in [2.75, 3.05) is 6.54 Å². The second kappa shape index (κ2) is 3.80. The Morgan fingerprint density at radius 2 is 2.29 bits per heavy atom. The Balaban J connectivity index is 2.50. The van der Waals surface area contributed by atoms with Gasteiger partial charge in [0.1, 0.15) is 0 Å². The monoisotopic (exact) mass is 205 g/mol. The van der Waals surface area contributed by atoms with Crippen LogP contribution in [-0.4, -0.2) is 12.5 Å². The molecule has 14 heavy (non-hydrogen) atoms. The zero-order valence-corrected chi connectivity index (χ0v) is 8.73. The third-order valence-electron chi connectivity index (χ3n) is 2.06. The molecule has 0 unspecified atom stereocenters. The summed E-state index contributed by atoms with van der Waals surface area (Å²) in [6.45, 7) is 2.59. The molecule has 1 aromatic carbocycles. The summed E-state index contributed by atoms with van der Waals surface area (Å²) in [5.74, 6) is 0.0144. The first-order valence-corrected chi connectivity index (χ1v) is 5.45. The molecule has 1 N–H and O–H groups in total. The van der Waals surface area contributed by atoms with Crippen molar-refractivity contribution >= 4 is 27.3 Å². The van der Waals surface area contributed by atoms with Crippen LogP contribution in [-0.2, 0) is 0 Å². The van der Waals surface area contributed by atoms with E-state index in [1.807, 2.05) is 36.6 Å². The quantitative estimate of drug-likeness (QED) is 0.802. The van der Waals surface area contributed by atoms with E-state index in [0.717, 1.165) is 15.6 Å². The lowest BCUT2D eigenvalue weighted by Crippen LogP contribution is -2.22. The smallest absolute Gasteiger partial charge is 0.252 e. The van der Waals surface area contributed by atoms with E-state index in [4.69, 9.17) is 0 Å². The third-order valence-corrected chi connectivity index (χ3v) is 3.02. The van der Waals surface area contributed by atoms with E-state index in [-0.39, 0.29) is 5.91 Å². The van der Waals surface area contributed by atoms with Crippen LogP contribution in [0.15, 0.2) is 29.6 Å². The van der Waals surface area contributed by atoms with Crippen molar-refractivity contribution in [3.8, 4) is 0 Å². The molecular weight excluding hydrogens is 194 g/mol. The fourth-order valence-electron chi connectivity index (χ4n) is 1.43. The second-order valence-electron chi connectivity index (χ2n) is 3.00. The molecular formula is C11H11NOS. The molecule has 3 heteroatoms. The molecule has 0 aliphatic rings. The molecule has 0 spiro atoms. The summed E-state index contributed by atoms with van der Waals surface area (Å²) in [5, 5.41) is 5.96. The van der Waals surface area contributed by atoms with Crippen LogP contribution < -0.4 is 5.32 Å². The summed E-state index contributed by atoms with van der Waals surface area (Å²) in [7, 11) is 0. The Bertz CT molecular complexity index is 461. The van der Waals surface area contributed by atoms with Crippen molar-refractivity contribution in [1.82, 2.24) is 5.32 Å². The maximum atomic E-state index is 11.7. The van der Waals surface area contributed by atoms with Crippen molar-refractivity contribution in [3.63, 3.8) is 0 Å². The van der Waals surface area contributed by atoms with Gasteiger partial charge in [-0.1, -0.05) is 12.1 Å². The van der Waals surface area contributed by atoms with Crippen molar-refractivity contribution in [3.05, 3.63) is 35.2 Å². The summed E-state index contributed by atoms with van der Waals surface area (Å²) in [6.07, 6.45) is 0. The van der Waals surface area contributed by atoms with E-state index in [2.05, 4.69) is 5.32 Å². The highest BCUT2D eigenvalue weighted by molar-refractivity contribution is 7.17. The molecule has 0 radical (unpaired) electrons. The molecule has 1 amide bonds. The van der Waals surface area contributed by atoms with Crippen LogP contribution in [0.2, 0.25) is 0 Å². The highest BCUT2D eigenvalue weighted by atomic mass is 32.1. The number of carbonyl (C=O) groups is 1. The Kier molecular flexibility index (Phi) is 2.50. The van der Waals surface area contributed by atoms with Crippen LogP contribution in [0.3, 0.4) is 0 Å². The van der Waals surface area contributed by atoms with Gasteiger partial charge in [0.2, 0.25) is 0 Å². The van der Waals surface area contributed by atoms with Crippen molar-refractivity contribution < 1.29 is 4.79 Å². The van der Waals surface area contributed by atoms with E-state index in [0.29, 0.717) is 6.54 Å². The first kappa shape index (κ1) is 9.21. The number of fused-ring (bicyclic) bond motifs is 1. The van der Waals surface area contributed by atoms with Gasteiger partial charge in [-0.25, -0.2) is 0 Å². The summed E-state index contributed by atoms with van der Waals surface area (Å²) in [4.78, 5) is 11.7. The minimum absolute atomic E-state index is 0.0144. The van der Waals surface area contributed by atoms with E-state index in [9.17, 15) is 4.79 Å². The van der Waals surface area contributed by atoms with Gasteiger partial charge in [-0.2, -0.15) is 0 Å². The van der Waals surface area contributed by atoms with E-state index < -0.39 is 0 Å². The Labute approximate surface area is 86.6 Å². The largest absolute Gasteiger partial charge is 0.352 e. The molecule has 0 fully saturated rings. The molecule has 0 atom stereocenters. The summed E-state index contributed by atoms with van der Waals surface area (Å²) in [5.41, 5.74) is 0.777. The van der Waals surface area contributed by atoms with Crippen molar-refractivity contribution in [2.45, 2.75) is 6.92 Å². The number of carbonyl (C=O) groups excluding carboxylic acids is 1. The fourth-order valence-corrected chi connectivity index (χ4v) is 2.34. The third kappa shape index (κ3) is 1.51. The zero-order chi connectivity index (χ0) is 9.97. The summed E-state index contributed by atoms with van der Waals surface area (Å²) >= 11 is 1.61. The maximum absolute atomic E-state index is 11.7. The maximum Gasteiger partial charge on any atom is 0.252 e. The highest BCUT2D eigenvalue weighted by Gasteiger charge is 2.08. The normalized spacial score (nSPS) is 10.4. The number of rotatable bonds is 2. The Hall–Kier alpha value is -1.35. The van der Waals surface area contributed by atoms with E-state index in [1.165, 1.54) is 0 Å². The van der Waals surface area contributed by atoms with Gasteiger partial charge in [0.05, 0.1) is 5.56 Å². The minimum Gasteiger partial charge on any atom is -0.352 e. The van der Waals surface area contributed by atoms with Gasteiger partial charge in [0.25, 0.3) is 5.91 Å². The first-order valence-electron chi connectivity index (χ1n) is 4.57. The van der Waals surface area contributed by atoms with Gasteiger partial charge in [0, 0.05) is 11.2 Å². The average Bonchev–Trinajstić information content (AvgIpc) is 2.65. The zero-order valence-electron chi connectivity index (χ0n) is 7.91. The first-order chi connectivity index (χ1) is 6.83. The number of benzene rings is 1. The van der Waals surface area contributed by atoms with Gasteiger partial charge >= 0.3 is 0 Å². The lowest BCUT2D eigenvalue weighted by Gasteiger charge is -2.02. The minimum atomic E-state index is 0.0144. The highest BCUT2D eigenvalue weighted by Crippen LogP contribution is 2.24. The van der Waals surface area contributed by atoms with Crippen LogP contribution in [0, 0.1) is 0 Å². The lowest BCUT2D eigenvalue weighted by molar-refractivity contribution is 0.0957. The second-order valence-corrected chi connectivity index (χ2v) is 3.92. The van der Waals surface area contributed by atoms with Gasteiger partial charge in [-0.15, -0.1) is 11.3 Å². The predicted molar refractivity (Wildman–Crippen MR) is 59.8 cm³/mol. The van der Waals surface area contributed by atoms with Gasteiger partial charge in [-0.3, -0.25) is 4.79 Å². The molecule has 0 aliphatic carbocycles. The van der Waals surface area contributed by atoms with Crippen molar-refractivity contribution in [1.29, 1.82) is 0 Å². The average molecular weight is 205 g/mol. The predicted octanol–water partition coefficient (Wildman–Crippen LogP) is 2.65. The molecule has 0 bridgehead atoms.